The third kappa shape index (κ3) is 12.1. The molecule has 0 spiro atoms. The topological polar surface area (TPSA) is 27.7 Å². The van der Waals surface area contributed by atoms with E-state index in [9.17, 15) is 0 Å². The van der Waals surface area contributed by atoms with Crippen LogP contribution in [-0.4, -0.2) is 39.6 Å². The van der Waals surface area contributed by atoms with E-state index in [2.05, 4.69) is 13.8 Å². The van der Waals surface area contributed by atoms with E-state index in [1.165, 1.54) is 25.7 Å². The van der Waals surface area contributed by atoms with Crippen LogP contribution in [0.15, 0.2) is 0 Å². The molecule has 1 atom stereocenters. The Kier molecular flexibility index (Phi) is 13.8. The lowest BCUT2D eigenvalue weighted by Crippen LogP contribution is -2.13. The minimum absolute atomic E-state index is 0.671. The molecule has 1 unspecified atom stereocenters. The summed E-state index contributed by atoms with van der Waals surface area (Å²) >= 11 is 0. The number of unbranched alkanes of at least 4 members (excludes halogenated alkanes) is 1. The summed E-state index contributed by atoms with van der Waals surface area (Å²) < 4.78 is 16.2. The fraction of sp³-hybridized carbons (Fsp3) is 1.00. The van der Waals surface area contributed by atoms with Crippen LogP contribution in [0.3, 0.4) is 0 Å². The Hall–Kier alpha value is -0.120. The van der Waals surface area contributed by atoms with Crippen LogP contribution in [0.4, 0.5) is 0 Å². The second-order valence-corrected chi connectivity index (χ2v) is 4.30. The predicted molar refractivity (Wildman–Crippen MR) is 71.4 cm³/mol. The molecule has 0 saturated carbocycles. The van der Waals surface area contributed by atoms with Crippen LogP contribution in [0.2, 0.25) is 0 Å². The lowest BCUT2D eigenvalue weighted by molar-refractivity contribution is 0.00810. The molecule has 0 aliphatic rings. The van der Waals surface area contributed by atoms with Crippen molar-refractivity contribution < 1.29 is 14.2 Å². The van der Waals surface area contributed by atoms with Crippen LogP contribution >= 0.6 is 0 Å². The maximum Gasteiger partial charge on any atom is 0.0701 e. The summed E-state index contributed by atoms with van der Waals surface area (Å²) in [6.45, 7) is 10.8. The van der Waals surface area contributed by atoms with Gasteiger partial charge in [0, 0.05) is 13.2 Å². The Morgan fingerprint density at radius 2 is 1.47 bits per heavy atom. The zero-order valence-electron chi connectivity index (χ0n) is 11.9. The number of rotatable bonds is 13. The maximum absolute atomic E-state index is 5.62. The van der Waals surface area contributed by atoms with Crippen LogP contribution in [0.5, 0.6) is 0 Å². The van der Waals surface area contributed by atoms with Gasteiger partial charge in [0.1, 0.15) is 0 Å². The van der Waals surface area contributed by atoms with Crippen molar-refractivity contribution in [1.29, 1.82) is 0 Å². The van der Waals surface area contributed by atoms with Crippen molar-refractivity contribution in [3.05, 3.63) is 0 Å². The fourth-order valence-electron chi connectivity index (χ4n) is 1.63. The summed E-state index contributed by atoms with van der Waals surface area (Å²) in [5, 5.41) is 0. The smallest absolute Gasteiger partial charge is 0.0701 e. The molecule has 0 N–H and O–H groups in total. The summed E-state index contributed by atoms with van der Waals surface area (Å²) in [5.74, 6) is 0.721. The molecule has 0 amide bonds. The van der Waals surface area contributed by atoms with E-state index in [1.807, 2.05) is 6.92 Å². The van der Waals surface area contributed by atoms with Crippen LogP contribution in [0, 0.1) is 5.92 Å². The molecule has 0 aliphatic carbocycles. The van der Waals surface area contributed by atoms with E-state index >= 15 is 0 Å². The van der Waals surface area contributed by atoms with E-state index < -0.39 is 0 Å². The summed E-state index contributed by atoms with van der Waals surface area (Å²) in [6, 6.07) is 0. The molecule has 0 aromatic heterocycles. The van der Waals surface area contributed by atoms with Crippen molar-refractivity contribution in [3.63, 3.8) is 0 Å². The highest BCUT2D eigenvalue weighted by Crippen LogP contribution is 2.12. The predicted octanol–water partition coefficient (Wildman–Crippen LogP) is 3.27. The lowest BCUT2D eigenvalue weighted by atomic mass is 10.0. The molecule has 17 heavy (non-hydrogen) atoms. The highest BCUT2D eigenvalue weighted by atomic mass is 16.5. The first-order valence-electron chi connectivity index (χ1n) is 7.08. The van der Waals surface area contributed by atoms with E-state index in [-0.39, 0.29) is 0 Å². The van der Waals surface area contributed by atoms with E-state index in [4.69, 9.17) is 14.2 Å². The van der Waals surface area contributed by atoms with Gasteiger partial charge >= 0.3 is 0 Å². The molecule has 0 aromatic rings. The average Bonchev–Trinajstić information content (AvgIpc) is 2.36. The molecular formula is C14H30O3. The quantitative estimate of drug-likeness (QED) is 0.467. The van der Waals surface area contributed by atoms with Crippen LogP contribution < -0.4 is 0 Å². The van der Waals surface area contributed by atoms with Crippen molar-refractivity contribution in [3.8, 4) is 0 Å². The Balaban J connectivity index is 3.19. The molecule has 0 bridgehead atoms. The molecule has 0 rings (SSSR count). The van der Waals surface area contributed by atoms with Crippen LogP contribution in [0.1, 0.15) is 46.5 Å². The minimum Gasteiger partial charge on any atom is -0.379 e. The van der Waals surface area contributed by atoms with Crippen molar-refractivity contribution in [2.45, 2.75) is 46.5 Å². The van der Waals surface area contributed by atoms with Crippen LogP contribution in [0.25, 0.3) is 0 Å². The second-order valence-electron chi connectivity index (χ2n) is 4.30. The van der Waals surface area contributed by atoms with E-state index in [0.29, 0.717) is 26.4 Å². The third-order valence-electron chi connectivity index (χ3n) is 2.84. The monoisotopic (exact) mass is 246 g/mol. The van der Waals surface area contributed by atoms with Gasteiger partial charge in [-0.3, -0.25) is 0 Å². The molecule has 104 valence electrons. The normalized spacial score (nSPS) is 12.9. The van der Waals surface area contributed by atoms with E-state index in [1.54, 1.807) is 0 Å². The van der Waals surface area contributed by atoms with Gasteiger partial charge in [-0.25, -0.2) is 0 Å². The van der Waals surface area contributed by atoms with E-state index in [0.717, 1.165) is 19.1 Å². The first-order valence-corrected chi connectivity index (χ1v) is 7.08. The summed E-state index contributed by atoms with van der Waals surface area (Å²) in [6.07, 6.45) is 5.09. The molecule has 0 heterocycles. The maximum atomic E-state index is 5.62. The standard InChI is InChI=1S/C14H30O3/c1-4-7-8-14(5-2)13-17-12-11-16-10-9-15-6-3/h14H,4-13H2,1-3H3. The van der Waals surface area contributed by atoms with Gasteiger partial charge in [-0.05, 0) is 19.3 Å². The van der Waals surface area contributed by atoms with Gasteiger partial charge in [0.05, 0.1) is 26.4 Å². The molecule has 0 fully saturated rings. The first kappa shape index (κ1) is 16.9. The van der Waals surface area contributed by atoms with Gasteiger partial charge in [0.15, 0.2) is 0 Å². The van der Waals surface area contributed by atoms with Crippen molar-refractivity contribution >= 4 is 0 Å². The van der Waals surface area contributed by atoms with Crippen molar-refractivity contribution in [2.24, 2.45) is 5.92 Å². The summed E-state index contributed by atoms with van der Waals surface area (Å²) in [4.78, 5) is 0. The van der Waals surface area contributed by atoms with Gasteiger partial charge in [-0.2, -0.15) is 0 Å². The Morgan fingerprint density at radius 1 is 0.824 bits per heavy atom. The average molecular weight is 246 g/mol. The molecular weight excluding hydrogens is 216 g/mol. The molecule has 3 nitrogen and oxygen atoms in total. The van der Waals surface area contributed by atoms with Gasteiger partial charge < -0.3 is 14.2 Å². The Labute approximate surface area is 107 Å². The van der Waals surface area contributed by atoms with Gasteiger partial charge in [-0.1, -0.05) is 33.1 Å². The molecule has 3 heteroatoms. The number of hydrogen-bond donors (Lipinski definition) is 0. The largest absolute Gasteiger partial charge is 0.379 e. The SMILES string of the molecule is CCCCC(CC)COCCOCCOCC. The molecule has 0 saturated heterocycles. The number of hydrogen-bond acceptors (Lipinski definition) is 3. The highest BCUT2D eigenvalue weighted by Gasteiger charge is 2.05. The van der Waals surface area contributed by atoms with Crippen molar-refractivity contribution in [1.82, 2.24) is 0 Å². The van der Waals surface area contributed by atoms with Gasteiger partial charge in [0.25, 0.3) is 0 Å². The molecule has 0 aliphatic heterocycles. The molecule has 0 radical (unpaired) electrons. The first-order chi connectivity index (χ1) is 8.35. The van der Waals surface area contributed by atoms with Gasteiger partial charge in [0.2, 0.25) is 0 Å². The Morgan fingerprint density at radius 3 is 2.06 bits per heavy atom. The second kappa shape index (κ2) is 13.9. The van der Waals surface area contributed by atoms with Gasteiger partial charge in [-0.15, -0.1) is 0 Å². The summed E-state index contributed by atoms with van der Waals surface area (Å²) in [5.41, 5.74) is 0. The lowest BCUT2D eigenvalue weighted by Gasteiger charge is -2.14. The van der Waals surface area contributed by atoms with Crippen molar-refractivity contribution in [2.75, 3.05) is 39.6 Å². The Bertz CT molecular complexity index is 139. The van der Waals surface area contributed by atoms with Crippen LogP contribution in [-0.2, 0) is 14.2 Å². The summed E-state index contributed by atoms with van der Waals surface area (Å²) in [7, 11) is 0. The highest BCUT2D eigenvalue weighted by molar-refractivity contribution is 4.55. The minimum atomic E-state index is 0.671. The fourth-order valence-corrected chi connectivity index (χ4v) is 1.63. The molecule has 0 aromatic carbocycles. The zero-order valence-corrected chi connectivity index (χ0v) is 11.9. The third-order valence-corrected chi connectivity index (χ3v) is 2.84. The number of ether oxygens (including phenoxy) is 3. The zero-order chi connectivity index (χ0) is 12.8.